The van der Waals surface area contributed by atoms with Crippen molar-refractivity contribution in [3.05, 3.63) is 30.3 Å². The maximum absolute atomic E-state index is 5.54. The normalized spacial score (nSPS) is 21.0. The third-order valence-corrected chi connectivity index (χ3v) is 1.59. The van der Waals surface area contributed by atoms with Gasteiger partial charge in [-0.05, 0) is 5.10 Å². The molecule has 0 spiro atoms. The Morgan fingerprint density at radius 1 is 1.17 bits per heavy atom. The van der Waals surface area contributed by atoms with Gasteiger partial charge in [-0.15, -0.1) is 0 Å². The molecule has 1 unspecified atom stereocenters. The summed E-state index contributed by atoms with van der Waals surface area (Å²) in [5.41, 5.74) is 6.48. The van der Waals surface area contributed by atoms with Crippen LogP contribution in [0.3, 0.4) is 0 Å². The molecule has 1 aliphatic heterocycles. The van der Waals surface area contributed by atoms with E-state index in [2.05, 4.69) is 15.5 Å². The number of hydrogen-bond acceptors (Lipinski definition) is 4. The standard InChI is InChI=1S/C7H7N5/c8-7-9-10-11-12(7)6-4-2-1-3-5-6/h1-5H,(H2,8,9,11)/p+1. The fraction of sp³-hybridized carbons (Fsp3) is 0. The van der Waals surface area contributed by atoms with E-state index >= 15 is 0 Å². The molecule has 0 saturated carbocycles. The zero-order chi connectivity index (χ0) is 8.39. The summed E-state index contributed by atoms with van der Waals surface area (Å²) in [5.74, 6) is 0.376. The Labute approximate surface area is 69.2 Å². The minimum atomic E-state index is 0.376. The van der Waals surface area contributed by atoms with Gasteiger partial charge in [-0.25, -0.2) is 0 Å². The Bertz CT molecular complexity index is 329. The van der Waals surface area contributed by atoms with E-state index in [1.165, 1.54) is 0 Å². The second-order valence-electron chi connectivity index (χ2n) is 2.39. The largest absolute Gasteiger partial charge is 0.352 e. The van der Waals surface area contributed by atoms with Crippen LogP contribution in [0.4, 0.5) is 5.69 Å². The quantitative estimate of drug-likeness (QED) is 0.590. The molecule has 1 aromatic carbocycles. The van der Waals surface area contributed by atoms with E-state index in [4.69, 9.17) is 5.73 Å². The maximum atomic E-state index is 5.54. The number of quaternary nitrogens is 1. The lowest BCUT2D eigenvalue weighted by Crippen LogP contribution is -3.06. The highest BCUT2D eigenvalue weighted by molar-refractivity contribution is 5.71. The molecule has 60 valence electrons. The number of nitrogens with two attached hydrogens (primary N) is 1. The van der Waals surface area contributed by atoms with Crippen molar-refractivity contribution in [3.8, 4) is 0 Å². The first-order valence-electron chi connectivity index (χ1n) is 3.55. The summed E-state index contributed by atoms with van der Waals surface area (Å²) in [7, 11) is 0. The van der Waals surface area contributed by atoms with Crippen LogP contribution in [0.1, 0.15) is 0 Å². The third kappa shape index (κ3) is 1.06. The molecular formula is C7H8N5+. The molecule has 12 heavy (non-hydrogen) atoms. The molecule has 2 rings (SSSR count). The van der Waals surface area contributed by atoms with E-state index in [-0.39, 0.29) is 0 Å². The Morgan fingerprint density at radius 2 is 1.92 bits per heavy atom. The average Bonchev–Trinajstić information content (AvgIpc) is 2.53. The smallest absolute Gasteiger partial charge is 0.334 e. The summed E-state index contributed by atoms with van der Waals surface area (Å²) in [6.45, 7) is 0. The maximum Gasteiger partial charge on any atom is 0.352 e. The lowest BCUT2D eigenvalue weighted by molar-refractivity contribution is -0.741. The van der Waals surface area contributed by atoms with Crippen LogP contribution >= 0.6 is 0 Å². The van der Waals surface area contributed by atoms with Gasteiger partial charge in [0.15, 0.2) is 5.69 Å². The van der Waals surface area contributed by atoms with Gasteiger partial charge in [-0.3, -0.25) is 0 Å². The first-order valence-corrected chi connectivity index (χ1v) is 3.55. The zero-order valence-corrected chi connectivity index (χ0v) is 6.31. The predicted octanol–water partition coefficient (Wildman–Crippen LogP) is -0.187. The molecule has 0 radical (unpaired) electrons. The first-order chi connectivity index (χ1) is 5.88. The van der Waals surface area contributed by atoms with Crippen molar-refractivity contribution in [2.75, 3.05) is 0 Å². The highest BCUT2D eigenvalue weighted by atomic mass is 15.7. The van der Waals surface area contributed by atoms with Crippen LogP contribution in [0, 0.1) is 0 Å². The molecule has 3 N–H and O–H groups in total. The highest BCUT2D eigenvalue weighted by Crippen LogP contribution is 1.99. The van der Waals surface area contributed by atoms with Gasteiger partial charge in [0, 0.05) is 17.4 Å². The van der Waals surface area contributed by atoms with E-state index in [1.54, 1.807) is 0 Å². The molecule has 5 nitrogen and oxygen atoms in total. The summed E-state index contributed by atoms with van der Waals surface area (Å²) < 4.78 is 0. The van der Waals surface area contributed by atoms with Gasteiger partial charge in [-0.2, -0.15) is 0 Å². The lowest BCUT2D eigenvalue weighted by Gasteiger charge is -2.01. The number of rotatable bonds is 1. The number of guanidine groups is 1. The van der Waals surface area contributed by atoms with Crippen LogP contribution in [0.25, 0.3) is 0 Å². The van der Waals surface area contributed by atoms with Gasteiger partial charge >= 0.3 is 5.96 Å². The SMILES string of the molecule is NC1=NN=N[NH+]1c1ccccc1. The third-order valence-electron chi connectivity index (χ3n) is 1.59. The molecule has 0 aliphatic carbocycles. The predicted molar refractivity (Wildman–Crippen MR) is 43.5 cm³/mol. The van der Waals surface area contributed by atoms with Crippen molar-refractivity contribution in [3.63, 3.8) is 0 Å². The summed E-state index contributed by atoms with van der Waals surface area (Å²) in [6, 6.07) is 9.61. The average molecular weight is 162 g/mol. The number of para-hydroxylation sites is 1. The summed E-state index contributed by atoms with van der Waals surface area (Å²) in [5, 5.41) is 11.5. The van der Waals surface area contributed by atoms with Gasteiger partial charge < -0.3 is 5.73 Å². The van der Waals surface area contributed by atoms with Crippen molar-refractivity contribution >= 4 is 11.6 Å². The number of hydrogen-bond donors (Lipinski definition) is 2. The van der Waals surface area contributed by atoms with Crippen LogP contribution < -0.4 is 10.7 Å². The molecular weight excluding hydrogens is 154 g/mol. The van der Waals surface area contributed by atoms with Crippen molar-refractivity contribution in [2.24, 2.45) is 21.3 Å². The van der Waals surface area contributed by atoms with Gasteiger partial charge in [-0.1, -0.05) is 23.2 Å². The first kappa shape index (κ1) is 6.93. The van der Waals surface area contributed by atoms with E-state index in [1.807, 2.05) is 30.3 Å². The molecule has 1 aromatic rings. The molecule has 0 saturated heterocycles. The van der Waals surface area contributed by atoms with E-state index in [0.29, 0.717) is 11.0 Å². The number of nitrogens with one attached hydrogen (secondary N) is 1. The Hall–Kier alpha value is -1.75. The van der Waals surface area contributed by atoms with Crippen molar-refractivity contribution in [2.45, 2.75) is 0 Å². The number of nitrogens with zero attached hydrogens (tertiary/aromatic N) is 3. The minimum Gasteiger partial charge on any atom is -0.334 e. The van der Waals surface area contributed by atoms with E-state index < -0.39 is 0 Å². The topological polar surface area (TPSA) is 67.5 Å². The lowest BCUT2D eigenvalue weighted by atomic mass is 10.3. The molecule has 0 amide bonds. The zero-order valence-electron chi connectivity index (χ0n) is 6.31. The van der Waals surface area contributed by atoms with Crippen molar-refractivity contribution in [1.82, 2.24) is 0 Å². The van der Waals surface area contributed by atoms with Crippen LogP contribution in [0.2, 0.25) is 0 Å². The molecule has 5 heteroatoms. The van der Waals surface area contributed by atoms with Crippen LogP contribution in [0.15, 0.2) is 45.9 Å². The second-order valence-corrected chi connectivity index (χ2v) is 2.39. The molecule has 1 aliphatic rings. The van der Waals surface area contributed by atoms with E-state index in [9.17, 15) is 0 Å². The minimum absolute atomic E-state index is 0.376. The van der Waals surface area contributed by atoms with Gasteiger partial charge in [0.05, 0.1) is 5.22 Å². The van der Waals surface area contributed by atoms with Crippen LogP contribution in [-0.2, 0) is 0 Å². The second kappa shape index (κ2) is 2.71. The van der Waals surface area contributed by atoms with Gasteiger partial charge in [0.2, 0.25) is 0 Å². The molecule has 1 heterocycles. The van der Waals surface area contributed by atoms with Gasteiger partial charge in [0.1, 0.15) is 0 Å². The number of benzene rings is 1. The van der Waals surface area contributed by atoms with Crippen LogP contribution in [0.5, 0.6) is 0 Å². The Kier molecular flexibility index (Phi) is 1.56. The van der Waals surface area contributed by atoms with Crippen molar-refractivity contribution < 1.29 is 5.01 Å². The fourth-order valence-electron chi connectivity index (χ4n) is 1.02. The van der Waals surface area contributed by atoms with E-state index in [0.717, 1.165) is 5.69 Å². The highest BCUT2D eigenvalue weighted by Gasteiger charge is 2.21. The molecule has 0 fully saturated rings. The fourth-order valence-corrected chi connectivity index (χ4v) is 1.02. The molecule has 0 aromatic heterocycles. The summed E-state index contributed by atoms with van der Waals surface area (Å²) >= 11 is 0. The molecule has 1 atom stereocenters. The van der Waals surface area contributed by atoms with Gasteiger partial charge in [0.25, 0.3) is 0 Å². The van der Waals surface area contributed by atoms with Crippen molar-refractivity contribution in [1.29, 1.82) is 0 Å². The Balaban J connectivity index is 2.33. The Morgan fingerprint density at radius 3 is 2.50 bits per heavy atom. The van der Waals surface area contributed by atoms with Crippen LogP contribution in [-0.4, -0.2) is 5.96 Å². The monoisotopic (exact) mass is 162 g/mol. The summed E-state index contributed by atoms with van der Waals surface area (Å²) in [6.07, 6.45) is 0. The molecule has 0 bridgehead atoms. The summed E-state index contributed by atoms with van der Waals surface area (Å²) in [4.78, 5) is 0.